The normalized spacial score (nSPS) is 11.4. The molecule has 0 rings (SSSR count). The third-order valence-electron chi connectivity index (χ3n) is 1.38. The first-order valence-corrected chi connectivity index (χ1v) is 3.46. The van der Waals surface area contributed by atoms with Gasteiger partial charge in [-0.05, 0) is 12.0 Å². The Balaban J connectivity index is 3.45. The summed E-state index contributed by atoms with van der Waals surface area (Å²) in [6, 6.07) is 0. The van der Waals surface area contributed by atoms with Crippen molar-refractivity contribution >= 4 is 0 Å². The molecule has 0 atom stereocenters. The summed E-state index contributed by atoms with van der Waals surface area (Å²) in [7, 11) is 0. The molecule has 54 valence electrons. The topological polar surface area (TPSA) is 12.0 Å². The van der Waals surface area contributed by atoms with E-state index in [2.05, 4.69) is 32.7 Å². The van der Waals surface area contributed by atoms with E-state index < -0.39 is 0 Å². The molecule has 0 radical (unpaired) electrons. The summed E-state index contributed by atoms with van der Waals surface area (Å²) in [4.78, 5) is 0. The first kappa shape index (κ1) is 8.70. The summed E-state index contributed by atoms with van der Waals surface area (Å²) in [6.07, 6.45) is 1.98. The molecule has 0 aromatic heterocycles. The highest BCUT2D eigenvalue weighted by atomic mass is 14.9. The lowest BCUT2D eigenvalue weighted by molar-refractivity contribution is 0.441. The van der Waals surface area contributed by atoms with Gasteiger partial charge in [-0.25, -0.2) is 0 Å². The molecular weight excluding hydrogens is 110 g/mol. The molecule has 0 aromatic carbocycles. The maximum atomic E-state index is 3.75. The predicted octanol–water partition coefficient (Wildman–Crippen LogP) is 1.81. The molecule has 1 nitrogen and oxygen atoms in total. The quantitative estimate of drug-likeness (QED) is 0.568. The van der Waals surface area contributed by atoms with Gasteiger partial charge in [-0.3, -0.25) is 0 Å². The van der Waals surface area contributed by atoms with Gasteiger partial charge in [0.2, 0.25) is 0 Å². The van der Waals surface area contributed by atoms with E-state index in [1.165, 1.54) is 0 Å². The van der Waals surface area contributed by atoms with Crippen molar-refractivity contribution in [3.05, 3.63) is 12.7 Å². The van der Waals surface area contributed by atoms with Gasteiger partial charge in [0.25, 0.3) is 0 Å². The molecule has 0 heterocycles. The third kappa shape index (κ3) is 4.22. The van der Waals surface area contributed by atoms with Crippen LogP contribution in [-0.4, -0.2) is 13.1 Å². The molecule has 0 fully saturated rings. The maximum absolute atomic E-state index is 3.75. The third-order valence-corrected chi connectivity index (χ3v) is 1.38. The highest BCUT2D eigenvalue weighted by molar-refractivity contribution is 4.88. The van der Waals surface area contributed by atoms with Crippen molar-refractivity contribution in [3.8, 4) is 0 Å². The van der Waals surface area contributed by atoms with E-state index in [1.807, 2.05) is 6.08 Å². The van der Waals surface area contributed by atoms with Crippen LogP contribution in [0.3, 0.4) is 0 Å². The van der Waals surface area contributed by atoms with Crippen molar-refractivity contribution < 1.29 is 0 Å². The minimum absolute atomic E-state index is 0.246. The number of hydrogen-bond acceptors (Lipinski definition) is 1. The van der Waals surface area contributed by atoms with Crippen LogP contribution in [0.25, 0.3) is 0 Å². The Morgan fingerprint density at radius 1 is 1.56 bits per heavy atom. The molecule has 0 spiro atoms. The summed E-state index contributed by atoms with van der Waals surface area (Å²) < 4.78 is 0. The smallest absolute Gasteiger partial charge is 0.00370 e. The summed E-state index contributed by atoms with van der Waals surface area (Å²) in [5, 5.41) is 3.27. The first-order valence-electron chi connectivity index (χ1n) is 3.46. The molecule has 1 N–H and O–H groups in total. The van der Waals surface area contributed by atoms with Crippen molar-refractivity contribution in [2.45, 2.75) is 20.8 Å². The van der Waals surface area contributed by atoms with Crippen LogP contribution in [0.4, 0.5) is 0 Å². The van der Waals surface area contributed by atoms with Crippen molar-refractivity contribution in [1.82, 2.24) is 5.32 Å². The lowest BCUT2D eigenvalue weighted by Gasteiger charge is -2.19. The summed E-state index contributed by atoms with van der Waals surface area (Å²) in [5.74, 6) is 0. The molecule has 0 aliphatic rings. The molecule has 1 heteroatoms. The highest BCUT2D eigenvalue weighted by Gasteiger charge is 2.10. The van der Waals surface area contributed by atoms with Crippen LogP contribution in [0.5, 0.6) is 0 Å². The second-order valence-corrected chi connectivity index (χ2v) is 2.97. The molecule has 0 bridgehead atoms. The van der Waals surface area contributed by atoms with Crippen LogP contribution in [0.2, 0.25) is 0 Å². The van der Waals surface area contributed by atoms with Crippen molar-refractivity contribution in [3.63, 3.8) is 0 Å². The van der Waals surface area contributed by atoms with E-state index in [9.17, 15) is 0 Å². The van der Waals surface area contributed by atoms with Gasteiger partial charge >= 0.3 is 0 Å². The van der Waals surface area contributed by atoms with Gasteiger partial charge in [0.05, 0.1) is 0 Å². The molecule has 9 heavy (non-hydrogen) atoms. The first-order chi connectivity index (χ1) is 4.12. The number of nitrogens with one attached hydrogen (secondary N) is 1. The zero-order valence-corrected chi connectivity index (χ0v) is 6.70. The fourth-order valence-corrected chi connectivity index (χ4v) is 0.519. The molecular formula is C8H17N. The van der Waals surface area contributed by atoms with Crippen LogP contribution in [0, 0.1) is 5.41 Å². The average molecular weight is 127 g/mol. The van der Waals surface area contributed by atoms with Gasteiger partial charge in [-0.1, -0.05) is 26.8 Å². The Hall–Kier alpha value is -0.300. The van der Waals surface area contributed by atoms with Crippen LogP contribution < -0.4 is 5.32 Å². The van der Waals surface area contributed by atoms with E-state index in [0.717, 1.165) is 13.1 Å². The SMILES string of the molecule is C=CC(C)(C)CNCC. The Morgan fingerprint density at radius 2 is 2.11 bits per heavy atom. The molecule has 0 aliphatic heterocycles. The minimum Gasteiger partial charge on any atom is -0.316 e. The standard InChI is InChI=1S/C8H17N/c1-5-8(3,4)7-9-6-2/h5,9H,1,6-7H2,2-4H3. The van der Waals surface area contributed by atoms with Gasteiger partial charge in [-0.2, -0.15) is 0 Å². The van der Waals surface area contributed by atoms with E-state index >= 15 is 0 Å². The van der Waals surface area contributed by atoms with E-state index in [0.29, 0.717) is 0 Å². The number of rotatable bonds is 4. The van der Waals surface area contributed by atoms with Crippen LogP contribution in [0.15, 0.2) is 12.7 Å². The minimum atomic E-state index is 0.246. The van der Waals surface area contributed by atoms with Crippen LogP contribution >= 0.6 is 0 Å². The van der Waals surface area contributed by atoms with E-state index in [4.69, 9.17) is 0 Å². The lowest BCUT2D eigenvalue weighted by atomic mass is 9.94. The second kappa shape index (κ2) is 3.67. The molecule has 0 unspecified atom stereocenters. The maximum Gasteiger partial charge on any atom is 0.00370 e. The summed E-state index contributed by atoms with van der Waals surface area (Å²) in [5.41, 5.74) is 0.246. The Morgan fingerprint density at radius 3 is 2.44 bits per heavy atom. The van der Waals surface area contributed by atoms with Gasteiger partial charge < -0.3 is 5.32 Å². The second-order valence-electron chi connectivity index (χ2n) is 2.97. The zero-order valence-electron chi connectivity index (χ0n) is 6.70. The van der Waals surface area contributed by atoms with Crippen molar-refractivity contribution in [2.75, 3.05) is 13.1 Å². The van der Waals surface area contributed by atoms with E-state index in [-0.39, 0.29) is 5.41 Å². The van der Waals surface area contributed by atoms with Crippen molar-refractivity contribution in [1.29, 1.82) is 0 Å². The van der Waals surface area contributed by atoms with Crippen LogP contribution in [0.1, 0.15) is 20.8 Å². The molecule has 0 saturated carbocycles. The van der Waals surface area contributed by atoms with Gasteiger partial charge in [0.1, 0.15) is 0 Å². The van der Waals surface area contributed by atoms with Crippen LogP contribution in [-0.2, 0) is 0 Å². The zero-order chi connectivity index (χ0) is 7.33. The largest absolute Gasteiger partial charge is 0.316 e. The number of hydrogen-bond donors (Lipinski definition) is 1. The van der Waals surface area contributed by atoms with E-state index in [1.54, 1.807) is 0 Å². The fourth-order valence-electron chi connectivity index (χ4n) is 0.519. The molecule has 0 saturated heterocycles. The Labute approximate surface area is 58.2 Å². The summed E-state index contributed by atoms with van der Waals surface area (Å²) in [6.45, 7) is 12.3. The lowest BCUT2D eigenvalue weighted by Crippen LogP contribution is -2.27. The Bertz CT molecular complexity index is 84.6. The molecule has 0 amide bonds. The molecule has 0 aliphatic carbocycles. The predicted molar refractivity (Wildman–Crippen MR) is 42.5 cm³/mol. The van der Waals surface area contributed by atoms with Gasteiger partial charge in [-0.15, -0.1) is 6.58 Å². The van der Waals surface area contributed by atoms with Gasteiger partial charge in [0.15, 0.2) is 0 Å². The fraction of sp³-hybridized carbons (Fsp3) is 0.750. The van der Waals surface area contributed by atoms with Crippen molar-refractivity contribution in [2.24, 2.45) is 5.41 Å². The highest BCUT2D eigenvalue weighted by Crippen LogP contribution is 2.13. The molecule has 0 aromatic rings. The monoisotopic (exact) mass is 127 g/mol. The van der Waals surface area contributed by atoms with Gasteiger partial charge in [0, 0.05) is 6.54 Å². The summed E-state index contributed by atoms with van der Waals surface area (Å²) >= 11 is 0. The Kier molecular flexibility index (Phi) is 3.55. The average Bonchev–Trinajstić information content (AvgIpc) is 1.84.